The van der Waals surface area contributed by atoms with Crippen molar-refractivity contribution in [3.8, 4) is 5.75 Å². The number of Topliss-reactive ketones (excluding diaryl/α,β-unsaturated/α-hetero) is 1. The summed E-state index contributed by atoms with van der Waals surface area (Å²) in [6, 6.07) is 11.8. The highest BCUT2D eigenvalue weighted by Crippen LogP contribution is 2.47. The molecule has 1 aromatic heterocycles. The molecule has 1 aromatic carbocycles. The molecule has 1 aliphatic carbocycles. The lowest BCUT2D eigenvalue weighted by Crippen LogP contribution is -2.36. The van der Waals surface area contributed by atoms with Crippen LogP contribution in [0.25, 0.3) is 0 Å². The summed E-state index contributed by atoms with van der Waals surface area (Å²) in [6.07, 6.45) is 2.89. The number of benzene rings is 1. The van der Waals surface area contributed by atoms with Crippen molar-refractivity contribution in [3.63, 3.8) is 0 Å². The zero-order chi connectivity index (χ0) is 23.7. The van der Waals surface area contributed by atoms with Crippen LogP contribution in [0.5, 0.6) is 5.75 Å². The maximum atomic E-state index is 13.6. The third-order valence-electron chi connectivity index (χ3n) is 6.88. The molecule has 0 unspecified atom stereocenters. The quantitative estimate of drug-likeness (QED) is 0.598. The van der Waals surface area contributed by atoms with Gasteiger partial charge in [0.2, 0.25) is 0 Å². The summed E-state index contributed by atoms with van der Waals surface area (Å²) in [5, 5.41) is 5.39. The van der Waals surface area contributed by atoms with E-state index in [1.165, 1.54) is 0 Å². The number of hydrogen-bond donors (Lipinski definition) is 1. The van der Waals surface area contributed by atoms with Crippen LogP contribution in [-0.4, -0.2) is 38.2 Å². The minimum atomic E-state index is -0.417. The van der Waals surface area contributed by atoms with Gasteiger partial charge in [-0.3, -0.25) is 4.79 Å². The van der Waals surface area contributed by atoms with Gasteiger partial charge in [0, 0.05) is 40.8 Å². The first-order valence-corrected chi connectivity index (χ1v) is 12.6. The molecule has 2 aromatic rings. The van der Waals surface area contributed by atoms with Crippen LogP contribution in [0.3, 0.4) is 0 Å². The van der Waals surface area contributed by atoms with Crippen molar-refractivity contribution in [1.82, 2.24) is 5.32 Å². The van der Waals surface area contributed by atoms with E-state index in [9.17, 15) is 9.59 Å². The van der Waals surface area contributed by atoms with Gasteiger partial charge in [-0.2, -0.15) is 0 Å². The van der Waals surface area contributed by atoms with E-state index in [1.54, 1.807) is 18.4 Å². The zero-order valence-corrected chi connectivity index (χ0v) is 20.3. The molecule has 3 atom stereocenters. The van der Waals surface area contributed by atoms with Gasteiger partial charge in [0.05, 0.1) is 24.7 Å². The monoisotopic (exact) mass is 479 g/mol. The highest BCUT2D eigenvalue weighted by molar-refractivity contribution is 7.10. The van der Waals surface area contributed by atoms with Gasteiger partial charge in [-0.05, 0) is 49.3 Å². The predicted molar refractivity (Wildman–Crippen MR) is 130 cm³/mol. The molecular formula is C27H29NO5S. The van der Waals surface area contributed by atoms with Crippen LogP contribution in [0.2, 0.25) is 0 Å². The van der Waals surface area contributed by atoms with E-state index in [1.807, 2.05) is 48.7 Å². The van der Waals surface area contributed by atoms with Crippen LogP contribution in [0.4, 0.5) is 0 Å². The van der Waals surface area contributed by atoms with Crippen molar-refractivity contribution in [2.24, 2.45) is 0 Å². The number of nitrogens with one attached hydrogen (secondary N) is 1. The number of ether oxygens (including phenoxy) is 3. The Morgan fingerprint density at radius 2 is 2.06 bits per heavy atom. The topological polar surface area (TPSA) is 73.9 Å². The number of dihydropyridines is 1. The smallest absolute Gasteiger partial charge is 0.336 e. The molecule has 0 spiro atoms. The average molecular weight is 480 g/mol. The molecule has 5 rings (SSSR count). The molecular weight excluding hydrogens is 450 g/mol. The van der Waals surface area contributed by atoms with Gasteiger partial charge in [0.1, 0.15) is 12.4 Å². The zero-order valence-electron chi connectivity index (χ0n) is 19.5. The van der Waals surface area contributed by atoms with Crippen molar-refractivity contribution < 1.29 is 23.8 Å². The fourth-order valence-corrected chi connectivity index (χ4v) is 6.14. The Hall–Kier alpha value is -2.90. The lowest BCUT2D eigenvalue weighted by Gasteiger charge is -2.36. The molecule has 3 aliphatic rings. The summed E-state index contributed by atoms with van der Waals surface area (Å²) in [5.41, 5.74) is 3.86. The van der Waals surface area contributed by atoms with Gasteiger partial charge in [0.15, 0.2) is 5.78 Å². The first-order valence-electron chi connectivity index (χ1n) is 11.8. The molecule has 0 radical (unpaired) electrons. The van der Waals surface area contributed by atoms with E-state index in [0.29, 0.717) is 30.6 Å². The van der Waals surface area contributed by atoms with E-state index in [0.717, 1.165) is 40.4 Å². The molecule has 7 heteroatoms. The lowest BCUT2D eigenvalue weighted by molar-refractivity contribution is -0.142. The minimum Gasteiger partial charge on any atom is -0.496 e. The summed E-state index contributed by atoms with van der Waals surface area (Å²) in [6.45, 7) is 2.84. The van der Waals surface area contributed by atoms with Crippen LogP contribution >= 0.6 is 11.3 Å². The second-order valence-electron chi connectivity index (χ2n) is 9.01. The Morgan fingerprint density at radius 1 is 1.21 bits per heavy atom. The molecule has 3 heterocycles. The Kier molecular flexibility index (Phi) is 6.57. The summed E-state index contributed by atoms with van der Waals surface area (Å²) < 4.78 is 16.9. The van der Waals surface area contributed by atoms with E-state index in [4.69, 9.17) is 14.2 Å². The molecule has 178 valence electrons. The first-order chi connectivity index (χ1) is 16.6. The summed E-state index contributed by atoms with van der Waals surface area (Å²) in [5.74, 6) is 0.0600. The fourth-order valence-electron chi connectivity index (χ4n) is 5.30. The van der Waals surface area contributed by atoms with Crippen LogP contribution in [0, 0.1) is 0 Å². The number of carbonyl (C=O) groups is 2. The van der Waals surface area contributed by atoms with Gasteiger partial charge in [-0.1, -0.05) is 24.3 Å². The first kappa shape index (κ1) is 22.9. The van der Waals surface area contributed by atoms with E-state index < -0.39 is 5.92 Å². The van der Waals surface area contributed by atoms with Crippen molar-refractivity contribution >= 4 is 23.1 Å². The van der Waals surface area contributed by atoms with Gasteiger partial charge in [-0.15, -0.1) is 11.3 Å². The van der Waals surface area contributed by atoms with Crippen molar-refractivity contribution in [3.05, 3.63) is 74.8 Å². The Labute approximate surface area is 203 Å². The van der Waals surface area contributed by atoms with Crippen LogP contribution in [0.15, 0.2) is 64.3 Å². The number of rotatable bonds is 6. The number of esters is 1. The number of carbonyl (C=O) groups excluding carboxylic acids is 2. The SMILES string of the molecule is COc1ccccc1[C@H]1CC(=O)C2=C(C1)NC(C)=C(C(=O)OC[C@@H]1CCCO1)[C@@H]2c1cccs1. The molecule has 0 saturated carbocycles. The maximum absolute atomic E-state index is 13.6. The highest BCUT2D eigenvalue weighted by atomic mass is 32.1. The maximum Gasteiger partial charge on any atom is 0.336 e. The highest BCUT2D eigenvalue weighted by Gasteiger charge is 2.42. The lowest BCUT2D eigenvalue weighted by atomic mass is 9.73. The molecule has 0 amide bonds. The third-order valence-corrected chi connectivity index (χ3v) is 7.82. The van der Waals surface area contributed by atoms with Crippen LogP contribution in [-0.2, 0) is 19.1 Å². The van der Waals surface area contributed by atoms with Crippen molar-refractivity contribution in [1.29, 1.82) is 0 Å². The van der Waals surface area contributed by atoms with E-state index in [-0.39, 0.29) is 30.4 Å². The molecule has 0 bridgehead atoms. The van der Waals surface area contributed by atoms with Gasteiger partial charge < -0.3 is 19.5 Å². The number of methoxy groups -OCH3 is 1. The van der Waals surface area contributed by atoms with E-state index >= 15 is 0 Å². The normalized spacial score (nSPS) is 24.6. The van der Waals surface area contributed by atoms with Crippen LogP contribution in [0.1, 0.15) is 54.9 Å². The molecule has 1 saturated heterocycles. The van der Waals surface area contributed by atoms with Crippen molar-refractivity contribution in [2.75, 3.05) is 20.3 Å². The number of thiophene rings is 1. The number of ketones is 1. The average Bonchev–Trinajstić information content (AvgIpc) is 3.56. The molecule has 1 N–H and O–H groups in total. The van der Waals surface area contributed by atoms with Crippen molar-refractivity contribution in [2.45, 2.75) is 50.5 Å². The van der Waals surface area contributed by atoms with Crippen LogP contribution < -0.4 is 10.1 Å². The largest absolute Gasteiger partial charge is 0.496 e. The number of para-hydroxylation sites is 1. The second kappa shape index (κ2) is 9.76. The van der Waals surface area contributed by atoms with Gasteiger partial charge in [0.25, 0.3) is 0 Å². The summed E-state index contributed by atoms with van der Waals surface area (Å²) in [4.78, 5) is 27.9. The van der Waals surface area contributed by atoms with Gasteiger partial charge in [-0.25, -0.2) is 4.79 Å². The Balaban J connectivity index is 1.47. The molecule has 6 nitrogen and oxygen atoms in total. The molecule has 1 fully saturated rings. The minimum absolute atomic E-state index is 0.0136. The fraction of sp³-hybridized carbons (Fsp3) is 0.407. The molecule has 2 aliphatic heterocycles. The van der Waals surface area contributed by atoms with Gasteiger partial charge >= 0.3 is 5.97 Å². The Bertz CT molecular complexity index is 1140. The summed E-state index contributed by atoms with van der Waals surface area (Å²) in [7, 11) is 1.65. The van der Waals surface area contributed by atoms with E-state index in [2.05, 4.69) is 5.32 Å². The standard InChI is InChI=1S/C27H29NO5S/c1-16-24(27(30)33-15-18-7-5-11-32-18)26(23-10-6-12-34-23)25-20(28-16)13-17(14-21(25)29)19-8-3-4-9-22(19)31-2/h3-4,6,8-10,12,17-18,26,28H,5,7,11,13-15H2,1-2H3/t17-,18+,26+/m1/s1. The molecule has 34 heavy (non-hydrogen) atoms. The Morgan fingerprint density at radius 3 is 2.79 bits per heavy atom. The number of allylic oxidation sites excluding steroid dienone is 3. The number of hydrogen-bond acceptors (Lipinski definition) is 7. The summed E-state index contributed by atoms with van der Waals surface area (Å²) >= 11 is 1.56. The second-order valence-corrected chi connectivity index (χ2v) is 9.99. The predicted octanol–water partition coefficient (Wildman–Crippen LogP) is 4.84. The third kappa shape index (κ3) is 4.30.